The molecule has 0 aromatic heterocycles. The van der Waals surface area contributed by atoms with Crippen LogP contribution in [0.3, 0.4) is 0 Å². The van der Waals surface area contributed by atoms with Crippen molar-refractivity contribution in [3.63, 3.8) is 0 Å². The van der Waals surface area contributed by atoms with Gasteiger partial charge in [0.1, 0.15) is 12.1 Å². The van der Waals surface area contributed by atoms with E-state index >= 15 is 0 Å². The highest BCUT2D eigenvalue weighted by Crippen LogP contribution is 2.06. The Bertz CT molecular complexity index is 523. The number of rotatable bonds is 10. The third-order valence-electron chi connectivity index (χ3n) is 3.96. The van der Waals surface area contributed by atoms with Crippen LogP contribution in [0.1, 0.15) is 33.1 Å². The van der Waals surface area contributed by atoms with E-state index in [4.69, 9.17) is 5.11 Å². The molecule has 0 saturated carbocycles. The monoisotopic (exact) mass is 388 g/mol. The van der Waals surface area contributed by atoms with E-state index in [0.29, 0.717) is 6.42 Å². The summed E-state index contributed by atoms with van der Waals surface area (Å²) in [6.07, 6.45) is 1.98. The van der Waals surface area contributed by atoms with Crippen LogP contribution >= 0.6 is 12.6 Å². The van der Waals surface area contributed by atoms with Gasteiger partial charge in [0.2, 0.25) is 17.7 Å². The fraction of sp³-hybridized carbons (Fsp3) is 0.750. The quantitative estimate of drug-likeness (QED) is 0.263. The molecule has 1 fully saturated rings. The van der Waals surface area contributed by atoms with Crippen molar-refractivity contribution in [2.45, 2.75) is 51.2 Å². The summed E-state index contributed by atoms with van der Waals surface area (Å²) in [5.74, 6) is -2.49. The molecule has 3 amide bonds. The fourth-order valence-corrected chi connectivity index (χ4v) is 2.85. The standard InChI is InChI=1S/C16H28N4O5S/c1-9(2)6-11(15(23)20-12(8-26)16(24)25)19-13(21)7-18-14(22)10-4-3-5-17-10/h9-12,17,26H,3-8H2,1-2H3,(H,18,22)(H,19,21)(H,20,23)(H,24,25). The number of hydrogen-bond acceptors (Lipinski definition) is 6. The Kier molecular flexibility index (Phi) is 9.42. The lowest BCUT2D eigenvalue weighted by Gasteiger charge is -2.22. The van der Waals surface area contributed by atoms with Gasteiger partial charge in [0.25, 0.3) is 0 Å². The van der Waals surface area contributed by atoms with Crippen LogP contribution in [-0.2, 0) is 19.2 Å². The average Bonchev–Trinajstić information content (AvgIpc) is 3.10. The van der Waals surface area contributed by atoms with Gasteiger partial charge >= 0.3 is 5.97 Å². The van der Waals surface area contributed by atoms with Gasteiger partial charge < -0.3 is 26.4 Å². The van der Waals surface area contributed by atoms with E-state index in [0.717, 1.165) is 19.4 Å². The Morgan fingerprint density at radius 3 is 2.38 bits per heavy atom. The summed E-state index contributed by atoms with van der Waals surface area (Å²) in [7, 11) is 0. The van der Waals surface area contributed by atoms with Crippen molar-refractivity contribution < 1.29 is 24.3 Å². The smallest absolute Gasteiger partial charge is 0.327 e. The zero-order valence-electron chi connectivity index (χ0n) is 15.1. The summed E-state index contributed by atoms with van der Waals surface area (Å²) in [5.41, 5.74) is 0. The van der Waals surface area contributed by atoms with Gasteiger partial charge in [-0.25, -0.2) is 4.79 Å². The molecule has 5 N–H and O–H groups in total. The molecule has 10 heteroatoms. The van der Waals surface area contributed by atoms with Crippen LogP contribution in [-0.4, -0.2) is 65.8 Å². The van der Waals surface area contributed by atoms with Crippen LogP contribution in [0.2, 0.25) is 0 Å². The van der Waals surface area contributed by atoms with E-state index in [-0.39, 0.29) is 30.2 Å². The van der Waals surface area contributed by atoms with Gasteiger partial charge in [-0.2, -0.15) is 12.6 Å². The lowest BCUT2D eigenvalue weighted by molar-refractivity contribution is -0.141. The maximum Gasteiger partial charge on any atom is 0.327 e. The van der Waals surface area contributed by atoms with Crippen LogP contribution < -0.4 is 21.3 Å². The molecule has 0 aromatic carbocycles. The van der Waals surface area contributed by atoms with Crippen molar-refractivity contribution in [1.29, 1.82) is 0 Å². The molecule has 3 unspecified atom stereocenters. The molecule has 0 aliphatic carbocycles. The first-order chi connectivity index (χ1) is 12.2. The van der Waals surface area contributed by atoms with Crippen LogP contribution in [0.15, 0.2) is 0 Å². The molecule has 3 atom stereocenters. The molecular weight excluding hydrogens is 360 g/mol. The van der Waals surface area contributed by atoms with Crippen LogP contribution in [0.5, 0.6) is 0 Å². The zero-order valence-corrected chi connectivity index (χ0v) is 16.0. The summed E-state index contributed by atoms with van der Waals surface area (Å²) < 4.78 is 0. The minimum absolute atomic E-state index is 0.0616. The normalized spacial score (nSPS) is 18.8. The lowest BCUT2D eigenvalue weighted by atomic mass is 10.0. The van der Waals surface area contributed by atoms with Gasteiger partial charge in [0.05, 0.1) is 12.6 Å². The molecule has 148 valence electrons. The Morgan fingerprint density at radius 2 is 1.88 bits per heavy atom. The number of carbonyl (C=O) groups excluding carboxylic acids is 3. The van der Waals surface area contributed by atoms with Crippen molar-refractivity contribution in [2.24, 2.45) is 5.92 Å². The minimum atomic E-state index is -1.20. The first-order valence-corrected chi connectivity index (χ1v) is 9.32. The third kappa shape index (κ3) is 7.61. The molecule has 1 aliphatic heterocycles. The summed E-state index contributed by atoms with van der Waals surface area (Å²) in [4.78, 5) is 47.3. The highest BCUT2D eigenvalue weighted by atomic mass is 32.1. The van der Waals surface area contributed by atoms with Gasteiger partial charge in [-0.3, -0.25) is 14.4 Å². The number of carbonyl (C=O) groups is 4. The number of aliphatic carboxylic acids is 1. The van der Waals surface area contributed by atoms with E-state index in [9.17, 15) is 19.2 Å². The lowest BCUT2D eigenvalue weighted by Crippen LogP contribution is -2.54. The topological polar surface area (TPSA) is 137 Å². The second-order valence-corrected chi connectivity index (χ2v) is 7.06. The molecule has 1 aliphatic rings. The van der Waals surface area contributed by atoms with Crippen molar-refractivity contribution >= 4 is 36.3 Å². The van der Waals surface area contributed by atoms with E-state index < -0.39 is 29.9 Å². The summed E-state index contributed by atoms with van der Waals surface area (Å²) in [5, 5.41) is 19.5. The Labute approximate surface area is 158 Å². The Balaban J connectivity index is 2.56. The number of carboxylic acid groups (broad SMARTS) is 1. The molecule has 0 aromatic rings. The number of nitrogens with one attached hydrogen (secondary N) is 4. The van der Waals surface area contributed by atoms with Crippen molar-refractivity contribution in [3.05, 3.63) is 0 Å². The first kappa shape index (κ1) is 22.2. The van der Waals surface area contributed by atoms with Gasteiger partial charge in [0, 0.05) is 5.75 Å². The molecule has 1 rings (SSSR count). The summed E-state index contributed by atoms with van der Waals surface area (Å²) in [6, 6.07) is -2.31. The average molecular weight is 388 g/mol. The maximum absolute atomic E-state index is 12.3. The van der Waals surface area contributed by atoms with Crippen LogP contribution in [0.4, 0.5) is 0 Å². The van der Waals surface area contributed by atoms with E-state index in [1.54, 1.807) is 0 Å². The van der Waals surface area contributed by atoms with Gasteiger partial charge in [-0.1, -0.05) is 13.8 Å². The number of hydrogen-bond donors (Lipinski definition) is 6. The minimum Gasteiger partial charge on any atom is -0.480 e. The SMILES string of the molecule is CC(C)CC(NC(=O)CNC(=O)C1CCCN1)C(=O)NC(CS)C(=O)O. The highest BCUT2D eigenvalue weighted by Gasteiger charge is 2.27. The van der Waals surface area contributed by atoms with Gasteiger partial charge in [-0.05, 0) is 31.7 Å². The van der Waals surface area contributed by atoms with E-state index in [1.165, 1.54) is 0 Å². The molecule has 1 saturated heterocycles. The second kappa shape index (κ2) is 11.0. The van der Waals surface area contributed by atoms with Crippen molar-refractivity contribution in [1.82, 2.24) is 21.3 Å². The van der Waals surface area contributed by atoms with Crippen LogP contribution in [0, 0.1) is 5.92 Å². The zero-order chi connectivity index (χ0) is 19.7. The van der Waals surface area contributed by atoms with Gasteiger partial charge in [-0.15, -0.1) is 0 Å². The first-order valence-electron chi connectivity index (χ1n) is 8.69. The molecular formula is C16H28N4O5S. The second-order valence-electron chi connectivity index (χ2n) is 6.70. The molecule has 0 bridgehead atoms. The molecule has 9 nitrogen and oxygen atoms in total. The predicted molar refractivity (Wildman–Crippen MR) is 98.8 cm³/mol. The van der Waals surface area contributed by atoms with E-state index in [2.05, 4.69) is 33.9 Å². The van der Waals surface area contributed by atoms with E-state index in [1.807, 2.05) is 13.8 Å². The summed E-state index contributed by atoms with van der Waals surface area (Å²) >= 11 is 3.90. The molecule has 1 heterocycles. The van der Waals surface area contributed by atoms with Crippen molar-refractivity contribution in [3.8, 4) is 0 Å². The Morgan fingerprint density at radius 1 is 1.19 bits per heavy atom. The van der Waals surface area contributed by atoms with Gasteiger partial charge in [0.15, 0.2) is 0 Å². The van der Waals surface area contributed by atoms with Crippen LogP contribution in [0.25, 0.3) is 0 Å². The molecule has 0 spiro atoms. The number of amides is 3. The predicted octanol–water partition coefficient (Wildman–Crippen LogP) is -1.12. The maximum atomic E-state index is 12.3. The van der Waals surface area contributed by atoms with Crippen molar-refractivity contribution in [2.75, 3.05) is 18.8 Å². The Hall–Kier alpha value is -1.81. The third-order valence-corrected chi connectivity index (χ3v) is 4.32. The molecule has 0 radical (unpaired) electrons. The summed E-state index contributed by atoms with van der Waals surface area (Å²) in [6.45, 7) is 4.30. The number of thiol groups is 1. The number of carboxylic acids is 1. The molecule has 26 heavy (non-hydrogen) atoms. The highest BCUT2D eigenvalue weighted by molar-refractivity contribution is 7.80. The fourth-order valence-electron chi connectivity index (χ4n) is 2.60. The largest absolute Gasteiger partial charge is 0.480 e.